The van der Waals surface area contributed by atoms with Crippen LogP contribution in [0.15, 0.2) is 12.1 Å². The summed E-state index contributed by atoms with van der Waals surface area (Å²) >= 11 is 3.29. The number of pyridine rings is 1. The highest BCUT2D eigenvalue weighted by Crippen LogP contribution is 2.25. The number of carbonyl (C=O) groups is 1. The lowest BCUT2D eigenvalue weighted by molar-refractivity contribution is -0.117. The maximum Gasteiger partial charge on any atom is 0.228 e. The van der Waals surface area contributed by atoms with Gasteiger partial charge in [-0.25, -0.2) is 0 Å². The van der Waals surface area contributed by atoms with Crippen LogP contribution >= 0.6 is 15.9 Å². The van der Waals surface area contributed by atoms with E-state index in [0.717, 1.165) is 12.1 Å². The summed E-state index contributed by atoms with van der Waals surface area (Å²) in [4.78, 5) is 15.8. The molecule has 0 aliphatic carbocycles. The highest BCUT2D eigenvalue weighted by atomic mass is 79.9. The number of halogens is 3. The van der Waals surface area contributed by atoms with Gasteiger partial charge in [0.15, 0.2) is 0 Å². The predicted octanol–water partition coefficient (Wildman–Crippen LogP) is 1.86. The molecule has 1 fully saturated rings. The minimum absolute atomic E-state index is 0.0317. The van der Waals surface area contributed by atoms with Crippen LogP contribution in [-0.2, 0) is 4.79 Å². The maximum absolute atomic E-state index is 12.8. The van der Waals surface area contributed by atoms with Crippen LogP contribution in [0, 0.1) is 11.9 Å². The Kier molecular flexibility index (Phi) is 2.68. The van der Waals surface area contributed by atoms with Gasteiger partial charge in [-0.2, -0.15) is 13.8 Å². The Morgan fingerprint density at radius 2 is 2.00 bits per heavy atom. The fourth-order valence-electron chi connectivity index (χ4n) is 1.52. The molecule has 2 heterocycles. The van der Waals surface area contributed by atoms with Gasteiger partial charge in [0.05, 0.1) is 5.69 Å². The van der Waals surface area contributed by atoms with Crippen molar-refractivity contribution in [1.82, 2.24) is 4.98 Å². The number of hydrogen-bond acceptors (Lipinski definition) is 2. The van der Waals surface area contributed by atoms with Crippen LogP contribution in [-0.4, -0.2) is 22.3 Å². The van der Waals surface area contributed by atoms with E-state index in [-0.39, 0.29) is 16.4 Å². The van der Waals surface area contributed by atoms with Crippen LogP contribution < -0.4 is 4.90 Å². The summed E-state index contributed by atoms with van der Waals surface area (Å²) in [7, 11) is 0. The summed E-state index contributed by atoms with van der Waals surface area (Å²) in [5, 5.41) is 0. The van der Waals surface area contributed by atoms with Gasteiger partial charge in [0.1, 0.15) is 0 Å². The molecule has 1 aromatic heterocycles. The van der Waals surface area contributed by atoms with Crippen molar-refractivity contribution in [3.63, 3.8) is 0 Å². The monoisotopic (exact) mass is 276 g/mol. The van der Waals surface area contributed by atoms with Crippen LogP contribution in [0.3, 0.4) is 0 Å². The third-order valence-corrected chi connectivity index (χ3v) is 2.75. The average molecular weight is 277 g/mol. The molecule has 0 spiro atoms. The highest BCUT2D eigenvalue weighted by Gasteiger charge is 2.29. The fourth-order valence-corrected chi connectivity index (χ4v) is 2.09. The first-order chi connectivity index (χ1) is 7.06. The minimum atomic E-state index is -0.921. The molecule has 0 radical (unpaired) electrons. The van der Waals surface area contributed by atoms with Crippen molar-refractivity contribution in [1.29, 1.82) is 0 Å². The van der Waals surface area contributed by atoms with E-state index in [4.69, 9.17) is 0 Å². The van der Waals surface area contributed by atoms with E-state index in [1.54, 1.807) is 0 Å². The lowest BCUT2D eigenvalue weighted by Crippen LogP contribution is -2.24. The molecule has 1 aromatic rings. The molecule has 1 saturated heterocycles. The Morgan fingerprint density at radius 3 is 2.47 bits per heavy atom. The van der Waals surface area contributed by atoms with E-state index in [1.807, 2.05) is 0 Å². The molecular formula is C9H7BrF2N2O. The summed E-state index contributed by atoms with van der Waals surface area (Å²) < 4.78 is 25.6. The van der Waals surface area contributed by atoms with Gasteiger partial charge in [-0.1, -0.05) is 15.9 Å². The molecule has 0 N–H and O–H groups in total. The Bertz CT molecular complexity index is 393. The van der Waals surface area contributed by atoms with Crippen LogP contribution in [0.1, 0.15) is 6.42 Å². The van der Waals surface area contributed by atoms with Crippen molar-refractivity contribution in [3.8, 4) is 0 Å². The molecule has 1 atom stereocenters. The summed E-state index contributed by atoms with van der Waals surface area (Å²) in [5.41, 5.74) is 0.215. The lowest BCUT2D eigenvalue weighted by Gasteiger charge is -2.15. The predicted molar refractivity (Wildman–Crippen MR) is 53.8 cm³/mol. The van der Waals surface area contributed by atoms with E-state index in [2.05, 4.69) is 20.9 Å². The number of alkyl halides is 1. The SMILES string of the molecule is O=C1CC(Br)CN1c1cc(F)nc(F)c1. The number of amides is 1. The summed E-state index contributed by atoms with van der Waals surface area (Å²) in [6, 6.07) is 2.10. The topological polar surface area (TPSA) is 33.2 Å². The highest BCUT2D eigenvalue weighted by molar-refractivity contribution is 9.09. The van der Waals surface area contributed by atoms with E-state index in [9.17, 15) is 13.6 Å². The number of nitrogens with zero attached hydrogens (tertiary/aromatic N) is 2. The smallest absolute Gasteiger partial charge is 0.228 e. The molecule has 3 nitrogen and oxygen atoms in total. The van der Waals surface area contributed by atoms with Crippen molar-refractivity contribution in [2.24, 2.45) is 0 Å². The first-order valence-corrected chi connectivity index (χ1v) is 5.25. The van der Waals surface area contributed by atoms with E-state index >= 15 is 0 Å². The Balaban J connectivity index is 2.33. The second kappa shape index (κ2) is 3.84. The molecule has 2 rings (SSSR count). The molecular weight excluding hydrogens is 270 g/mol. The second-order valence-corrected chi connectivity index (χ2v) is 4.57. The molecule has 0 bridgehead atoms. The van der Waals surface area contributed by atoms with Gasteiger partial charge >= 0.3 is 0 Å². The lowest BCUT2D eigenvalue weighted by atomic mass is 10.3. The molecule has 1 aliphatic rings. The van der Waals surface area contributed by atoms with Crippen LogP contribution in [0.25, 0.3) is 0 Å². The van der Waals surface area contributed by atoms with Crippen molar-refractivity contribution in [3.05, 3.63) is 24.0 Å². The van der Waals surface area contributed by atoms with Gasteiger partial charge in [0.2, 0.25) is 17.8 Å². The molecule has 6 heteroatoms. The number of hydrogen-bond donors (Lipinski definition) is 0. The Morgan fingerprint density at radius 1 is 1.40 bits per heavy atom. The molecule has 15 heavy (non-hydrogen) atoms. The molecule has 0 aromatic carbocycles. The van der Waals surface area contributed by atoms with Crippen LogP contribution in [0.2, 0.25) is 0 Å². The third-order valence-electron chi connectivity index (χ3n) is 2.14. The maximum atomic E-state index is 12.8. The van der Waals surface area contributed by atoms with Crippen molar-refractivity contribution in [2.75, 3.05) is 11.4 Å². The third kappa shape index (κ3) is 2.14. The summed E-state index contributed by atoms with van der Waals surface area (Å²) in [6.07, 6.45) is 0.339. The van der Waals surface area contributed by atoms with Crippen LogP contribution in [0.4, 0.5) is 14.5 Å². The van der Waals surface area contributed by atoms with Crippen molar-refractivity contribution in [2.45, 2.75) is 11.2 Å². The normalized spacial score (nSPS) is 21.1. The Labute approximate surface area is 93.2 Å². The number of carbonyl (C=O) groups excluding carboxylic acids is 1. The van der Waals surface area contributed by atoms with Crippen molar-refractivity contribution < 1.29 is 13.6 Å². The molecule has 80 valence electrons. The second-order valence-electron chi connectivity index (χ2n) is 3.28. The first kappa shape index (κ1) is 10.5. The quantitative estimate of drug-likeness (QED) is 0.580. The average Bonchev–Trinajstić information content (AvgIpc) is 2.43. The number of rotatable bonds is 1. The van der Waals surface area contributed by atoms with Gasteiger partial charge < -0.3 is 4.90 Å². The zero-order valence-corrected chi connectivity index (χ0v) is 9.17. The van der Waals surface area contributed by atoms with Crippen molar-refractivity contribution >= 4 is 27.5 Å². The van der Waals surface area contributed by atoms with Gasteiger partial charge in [0, 0.05) is 29.9 Å². The van der Waals surface area contributed by atoms with E-state index < -0.39 is 11.9 Å². The largest absolute Gasteiger partial charge is 0.311 e. The summed E-state index contributed by atoms with van der Waals surface area (Å²) in [5.74, 6) is -1.99. The molecule has 0 saturated carbocycles. The number of aromatic nitrogens is 1. The van der Waals surface area contributed by atoms with Gasteiger partial charge in [-0.3, -0.25) is 4.79 Å². The van der Waals surface area contributed by atoms with Gasteiger partial charge in [0.25, 0.3) is 0 Å². The summed E-state index contributed by atoms with van der Waals surface area (Å²) in [6.45, 7) is 0.418. The first-order valence-electron chi connectivity index (χ1n) is 4.34. The van der Waals surface area contributed by atoms with E-state index in [0.29, 0.717) is 13.0 Å². The van der Waals surface area contributed by atoms with Crippen LogP contribution in [0.5, 0.6) is 0 Å². The fraction of sp³-hybridized carbons (Fsp3) is 0.333. The molecule has 1 unspecified atom stereocenters. The van der Waals surface area contributed by atoms with Gasteiger partial charge in [-0.05, 0) is 0 Å². The number of anilines is 1. The van der Waals surface area contributed by atoms with Gasteiger partial charge in [-0.15, -0.1) is 0 Å². The minimum Gasteiger partial charge on any atom is -0.311 e. The zero-order chi connectivity index (χ0) is 11.0. The zero-order valence-electron chi connectivity index (χ0n) is 7.58. The molecule has 1 amide bonds. The standard InChI is InChI=1S/C9H7BrF2N2O/c10-5-1-9(15)14(4-5)6-2-7(11)13-8(12)3-6/h2-3,5H,1,4H2. The molecule has 1 aliphatic heterocycles. The Hall–Kier alpha value is -1.04. The van der Waals surface area contributed by atoms with E-state index in [1.165, 1.54) is 4.90 Å².